The van der Waals surface area contributed by atoms with Gasteiger partial charge in [-0.1, -0.05) is 6.92 Å². The predicted molar refractivity (Wildman–Crippen MR) is 137 cm³/mol. The lowest BCUT2D eigenvalue weighted by Crippen LogP contribution is -2.34. The Morgan fingerprint density at radius 3 is 2.26 bits per heavy atom. The van der Waals surface area contributed by atoms with E-state index in [0.29, 0.717) is 12.2 Å². The molecule has 0 fully saturated rings. The zero-order valence-corrected chi connectivity index (χ0v) is 19.9. The standard InChI is InChI=1S/C27H26N6O2/c1-4-23-24-16-22-10-9-21(32(22)34-2)14-19-7-5-17(30-19)13-18-6-8-20(31-18)15-25(33(24)35-3)26(23)27-28-11-12-29-27/h5-15,30-31H,4,16H2,1-3H3. The van der Waals surface area contributed by atoms with Gasteiger partial charge in [-0.15, -0.1) is 0 Å². The van der Waals surface area contributed by atoms with Crippen molar-refractivity contribution in [1.82, 2.24) is 19.4 Å². The molecule has 6 rings (SSSR count). The van der Waals surface area contributed by atoms with Crippen LogP contribution in [0.2, 0.25) is 0 Å². The van der Waals surface area contributed by atoms with Crippen LogP contribution in [0.5, 0.6) is 0 Å². The molecule has 0 atom stereocenters. The maximum Gasteiger partial charge on any atom is 0.161 e. The molecule has 0 spiro atoms. The minimum Gasteiger partial charge on any atom is -0.417 e. The Hall–Kier alpha value is -4.46. The van der Waals surface area contributed by atoms with Crippen LogP contribution in [0.3, 0.4) is 0 Å². The van der Waals surface area contributed by atoms with Crippen molar-refractivity contribution in [2.45, 2.75) is 19.8 Å². The highest BCUT2D eigenvalue weighted by molar-refractivity contribution is 6.20. The van der Waals surface area contributed by atoms with Crippen molar-refractivity contribution in [2.24, 2.45) is 9.98 Å². The average Bonchev–Trinajstić information content (AvgIpc) is 3.67. The summed E-state index contributed by atoms with van der Waals surface area (Å²) >= 11 is 0. The molecular formula is C27H26N6O2. The van der Waals surface area contributed by atoms with Crippen LogP contribution in [0.25, 0.3) is 24.0 Å². The molecule has 0 aromatic carbocycles. The summed E-state index contributed by atoms with van der Waals surface area (Å²) in [6.45, 7) is 2.15. The van der Waals surface area contributed by atoms with Crippen molar-refractivity contribution in [3.05, 3.63) is 91.7 Å². The van der Waals surface area contributed by atoms with E-state index in [1.165, 1.54) is 0 Å². The van der Waals surface area contributed by atoms with Gasteiger partial charge in [0.15, 0.2) is 5.82 Å². The molecule has 4 aromatic heterocycles. The minimum absolute atomic E-state index is 0.611. The second kappa shape index (κ2) is 8.39. The van der Waals surface area contributed by atoms with E-state index in [2.05, 4.69) is 81.5 Å². The van der Waals surface area contributed by atoms with E-state index in [1.807, 2.05) is 9.46 Å². The summed E-state index contributed by atoms with van der Waals surface area (Å²) in [5.41, 5.74) is 6.11. The van der Waals surface area contributed by atoms with E-state index in [4.69, 9.17) is 9.68 Å². The summed E-state index contributed by atoms with van der Waals surface area (Å²) in [5.74, 6) is 0.691. The Morgan fingerprint density at radius 2 is 1.54 bits per heavy atom. The van der Waals surface area contributed by atoms with Crippen LogP contribution in [0.15, 0.2) is 46.4 Å². The molecule has 8 heteroatoms. The molecule has 0 amide bonds. The Labute approximate surface area is 201 Å². The van der Waals surface area contributed by atoms with Crippen LogP contribution < -0.4 is 30.9 Å². The van der Waals surface area contributed by atoms with Gasteiger partial charge in [0.05, 0.1) is 27.6 Å². The zero-order valence-electron chi connectivity index (χ0n) is 19.9. The molecule has 0 radical (unpaired) electrons. The minimum atomic E-state index is 0.611. The first-order valence-electron chi connectivity index (χ1n) is 11.6. The van der Waals surface area contributed by atoms with E-state index in [-0.39, 0.29) is 0 Å². The van der Waals surface area contributed by atoms with E-state index >= 15 is 0 Å². The molecule has 4 aromatic rings. The lowest BCUT2D eigenvalue weighted by Gasteiger charge is -2.13. The normalized spacial score (nSPS) is 14.0. The molecule has 6 heterocycles. The predicted octanol–water partition coefficient (Wildman–Crippen LogP) is 0.237. The lowest BCUT2D eigenvalue weighted by atomic mass is 10.1. The van der Waals surface area contributed by atoms with Crippen molar-refractivity contribution < 1.29 is 9.68 Å². The van der Waals surface area contributed by atoms with Gasteiger partial charge in [0.25, 0.3) is 0 Å². The summed E-state index contributed by atoms with van der Waals surface area (Å²) in [6, 6.07) is 12.4. The van der Waals surface area contributed by atoms with Crippen LogP contribution in [0.4, 0.5) is 0 Å². The summed E-state index contributed by atoms with van der Waals surface area (Å²) in [7, 11) is 3.38. The van der Waals surface area contributed by atoms with E-state index in [9.17, 15) is 0 Å². The maximum absolute atomic E-state index is 5.98. The van der Waals surface area contributed by atoms with Gasteiger partial charge in [-0.2, -0.15) is 9.46 Å². The largest absolute Gasteiger partial charge is 0.417 e. The fourth-order valence-electron chi connectivity index (χ4n) is 4.97. The van der Waals surface area contributed by atoms with Crippen molar-refractivity contribution in [3.8, 4) is 0 Å². The third-order valence-electron chi connectivity index (χ3n) is 6.43. The Bertz CT molecular complexity index is 1720. The van der Waals surface area contributed by atoms with Crippen LogP contribution in [0.1, 0.15) is 41.0 Å². The molecule has 2 aliphatic rings. The van der Waals surface area contributed by atoms with Gasteiger partial charge < -0.3 is 19.6 Å². The summed E-state index contributed by atoms with van der Waals surface area (Å²) in [5, 5.41) is 3.89. The third-order valence-corrected chi connectivity index (χ3v) is 6.43. The average molecular weight is 467 g/mol. The van der Waals surface area contributed by atoms with Gasteiger partial charge in [-0.3, -0.25) is 0 Å². The molecular weight excluding hydrogens is 440 g/mol. The summed E-state index contributed by atoms with van der Waals surface area (Å²) in [6.07, 6.45) is 11.1. The van der Waals surface area contributed by atoms with Gasteiger partial charge in [-0.05, 0) is 66.6 Å². The highest BCUT2D eigenvalue weighted by Gasteiger charge is 2.20. The highest BCUT2D eigenvalue weighted by Crippen LogP contribution is 2.17. The topological polar surface area (TPSA) is 84.6 Å². The Kier molecular flexibility index (Phi) is 5.06. The molecule has 2 aliphatic heterocycles. The lowest BCUT2D eigenvalue weighted by molar-refractivity contribution is 0.146. The number of aromatic amines is 2. The highest BCUT2D eigenvalue weighted by atomic mass is 16.6. The molecule has 8 nitrogen and oxygen atoms in total. The fourth-order valence-corrected chi connectivity index (χ4v) is 4.97. The van der Waals surface area contributed by atoms with Crippen molar-refractivity contribution in [2.75, 3.05) is 14.2 Å². The maximum atomic E-state index is 5.98. The Morgan fingerprint density at radius 1 is 0.829 bits per heavy atom. The number of rotatable bonds is 3. The monoisotopic (exact) mass is 466 g/mol. The number of nitrogens with zero attached hydrogens (tertiary/aromatic N) is 4. The van der Waals surface area contributed by atoms with Crippen molar-refractivity contribution in [1.29, 1.82) is 0 Å². The molecule has 176 valence electrons. The van der Waals surface area contributed by atoms with Gasteiger partial charge >= 0.3 is 0 Å². The van der Waals surface area contributed by atoms with Crippen LogP contribution in [0, 0.1) is 0 Å². The molecule has 0 unspecified atom stereocenters. The SMILES string of the molecule is CCc1c2n(OC)c(c1=C1N=CC=N1)=Cc1ccc([nH]1)C=c1ccc([nH]1)=Cc1ccc(n1OC)C2. The molecule has 0 aliphatic carbocycles. The van der Waals surface area contributed by atoms with Gasteiger partial charge in [-0.25, -0.2) is 9.98 Å². The molecule has 0 saturated heterocycles. The first-order chi connectivity index (χ1) is 17.2. The number of hydrogen-bond donors (Lipinski definition) is 2. The number of aliphatic imine (C=N–C) groups is 2. The number of fused-ring (bicyclic) bond motifs is 8. The van der Waals surface area contributed by atoms with Gasteiger partial charge in [0, 0.05) is 40.9 Å². The second-order valence-electron chi connectivity index (χ2n) is 8.47. The summed E-state index contributed by atoms with van der Waals surface area (Å²) in [4.78, 5) is 27.8. The molecule has 8 bridgehead atoms. The second-order valence-corrected chi connectivity index (χ2v) is 8.47. The van der Waals surface area contributed by atoms with Gasteiger partial charge in [0.2, 0.25) is 0 Å². The smallest absolute Gasteiger partial charge is 0.161 e. The van der Waals surface area contributed by atoms with E-state index in [1.54, 1.807) is 26.6 Å². The first kappa shape index (κ1) is 21.1. The van der Waals surface area contributed by atoms with Crippen molar-refractivity contribution in [3.63, 3.8) is 0 Å². The van der Waals surface area contributed by atoms with E-state index in [0.717, 1.165) is 61.7 Å². The van der Waals surface area contributed by atoms with Gasteiger partial charge in [0.1, 0.15) is 14.2 Å². The number of H-pyrrole nitrogens is 2. The van der Waals surface area contributed by atoms with Crippen LogP contribution in [-0.2, 0) is 12.8 Å². The number of hydrogen-bond acceptors (Lipinski definition) is 4. The van der Waals surface area contributed by atoms with E-state index < -0.39 is 0 Å². The fraction of sp³-hybridized carbons (Fsp3) is 0.185. The van der Waals surface area contributed by atoms with Crippen LogP contribution >= 0.6 is 0 Å². The Balaban J connectivity index is 1.74. The van der Waals surface area contributed by atoms with Crippen molar-refractivity contribution >= 4 is 36.5 Å². The molecule has 2 N–H and O–H groups in total. The summed E-state index contributed by atoms with van der Waals surface area (Å²) < 4.78 is 3.76. The quantitative estimate of drug-likeness (QED) is 0.399. The first-order valence-corrected chi connectivity index (χ1v) is 11.6. The number of aromatic nitrogens is 4. The van der Waals surface area contributed by atoms with Crippen LogP contribution in [-0.4, -0.2) is 46.1 Å². The number of nitrogens with one attached hydrogen (secondary N) is 2. The molecule has 0 saturated carbocycles. The molecule has 35 heavy (non-hydrogen) atoms. The zero-order chi connectivity index (χ0) is 23.9. The third kappa shape index (κ3) is 3.54.